The number of aromatic amines is 1. The second-order valence-electron chi connectivity index (χ2n) is 7.28. The average molecular weight is 412 g/mol. The molecule has 1 unspecified atom stereocenters. The molecule has 1 aliphatic rings. The Bertz CT molecular complexity index is 1070. The summed E-state index contributed by atoms with van der Waals surface area (Å²) in [4.78, 5) is 33.6. The molecule has 4 rings (SSSR count). The molecule has 0 aliphatic carbocycles. The number of morpholine rings is 1. The molecule has 3 aromatic rings. The van der Waals surface area contributed by atoms with Crippen molar-refractivity contribution in [1.29, 1.82) is 0 Å². The molecule has 9 heteroatoms. The number of aromatic nitrogens is 2. The van der Waals surface area contributed by atoms with Crippen LogP contribution in [-0.4, -0.2) is 58.6 Å². The highest BCUT2D eigenvalue weighted by atomic mass is 19.1. The van der Waals surface area contributed by atoms with Gasteiger partial charge in [0.05, 0.1) is 36.9 Å². The molecule has 30 heavy (non-hydrogen) atoms. The van der Waals surface area contributed by atoms with Gasteiger partial charge in [0, 0.05) is 12.1 Å². The van der Waals surface area contributed by atoms with Crippen molar-refractivity contribution in [2.24, 2.45) is 5.73 Å². The molecule has 0 saturated carbocycles. The maximum atomic E-state index is 13.1. The van der Waals surface area contributed by atoms with Crippen molar-refractivity contribution in [3.8, 4) is 5.75 Å². The standard InChI is InChI=1S/C21H21FN4O4/c22-15-2-4-16(5-3-15)29-12-21(10-19(23)27)11-26(7-8-30-21)20(28)14-1-6-17-18(9-14)25-13-24-17/h1-6,9,13H,7-8,10-12H2,(H2,23,27)(H,24,25). The Balaban J connectivity index is 1.52. The number of amides is 2. The van der Waals surface area contributed by atoms with E-state index in [0.717, 1.165) is 11.0 Å². The predicted molar refractivity (Wildman–Crippen MR) is 106 cm³/mol. The number of carbonyl (C=O) groups is 2. The zero-order chi connectivity index (χ0) is 21.1. The lowest BCUT2D eigenvalue weighted by Crippen LogP contribution is -2.58. The Morgan fingerprint density at radius 1 is 1.27 bits per heavy atom. The number of fused-ring (bicyclic) bond motifs is 1. The van der Waals surface area contributed by atoms with E-state index in [0.29, 0.717) is 17.9 Å². The van der Waals surface area contributed by atoms with Crippen molar-refractivity contribution in [3.63, 3.8) is 0 Å². The van der Waals surface area contributed by atoms with Gasteiger partial charge in [0.1, 0.15) is 23.8 Å². The summed E-state index contributed by atoms with van der Waals surface area (Å²) in [5, 5.41) is 0. The van der Waals surface area contributed by atoms with Gasteiger partial charge in [0.2, 0.25) is 5.91 Å². The zero-order valence-corrected chi connectivity index (χ0v) is 16.1. The highest BCUT2D eigenvalue weighted by Crippen LogP contribution is 2.26. The van der Waals surface area contributed by atoms with Crippen LogP contribution in [0.4, 0.5) is 4.39 Å². The molecule has 2 aromatic carbocycles. The molecule has 8 nitrogen and oxygen atoms in total. The van der Waals surface area contributed by atoms with Crippen molar-refractivity contribution in [2.45, 2.75) is 12.0 Å². The first-order valence-electron chi connectivity index (χ1n) is 9.47. The minimum atomic E-state index is -1.09. The van der Waals surface area contributed by atoms with Crippen molar-refractivity contribution in [2.75, 3.05) is 26.3 Å². The fourth-order valence-corrected chi connectivity index (χ4v) is 3.58. The van der Waals surface area contributed by atoms with Gasteiger partial charge >= 0.3 is 0 Å². The molecule has 0 spiro atoms. The molecule has 1 aromatic heterocycles. The van der Waals surface area contributed by atoms with E-state index in [-0.39, 0.29) is 37.9 Å². The van der Waals surface area contributed by atoms with Crippen LogP contribution in [0.1, 0.15) is 16.8 Å². The minimum Gasteiger partial charge on any atom is -0.490 e. The molecule has 1 fully saturated rings. The van der Waals surface area contributed by atoms with E-state index in [1.165, 1.54) is 24.3 Å². The van der Waals surface area contributed by atoms with Crippen LogP contribution in [0.5, 0.6) is 5.75 Å². The summed E-state index contributed by atoms with van der Waals surface area (Å²) in [6, 6.07) is 10.8. The van der Waals surface area contributed by atoms with E-state index in [4.69, 9.17) is 15.2 Å². The number of imidazole rings is 1. The molecule has 0 bridgehead atoms. The molecule has 1 atom stereocenters. The third-order valence-corrected chi connectivity index (χ3v) is 5.01. The molecule has 1 saturated heterocycles. The van der Waals surface area contributed by atoms with Crippen molar-refractivity contribution in [1.82, 2.24) is 14.9 Å². The third-order valence-electron chi connectivity index (χ3n) is 5.01. The van der Waals surface area contributed by atoms with E-state index < -0.39 is 11.5 Å². The van der Waals surface area contributed by atoms with Gasteiger partial charge in [-0.05, 0) is 42.5 Å². The number of ether oxygens (including phenoxy) is 2. The second-order valence-corrected chi connectivity index (χ2v) is 7.28. The summed E-state index contributed by atoms with van der Waals surface area (Å²) in [6.07, 6.45) is 1.45. The van der Waals surface area contributed by atoms with Gasteiger partial charge in [0.15, 0.2) is 0 Å². The smallest absolute Gasteiger partial charge is 0.254 e. The number of benzene rings is 2. The first-order chi connectivity index (χ1) is 14.4. The van der Waals surface area contributed by atoms with E-state index in [1.807, 2.05) is 0 Å². The summed E-state index contributed by atoms with van der Waals surface area (Å²) in [7, 11) is 0. The monoisotopic (exact) mass is 412 g/mol. The number of nitrogens with zero attached hydrogens (tertiary/aromatic N) is 2. The van der Waals surface area contributed by atoms with Gasteiger partial charge in [-0.3, -0.25) is 9.59 Å². The molecule has 2 heterocycles. The summed E-state index contributed by atoms with van der Waals surface area (Å²) in [6.45, 7) is 0.733. The highest BCUT2D eigenvalue weighted by molar-refractivity contribution is 5.97. The maximum absolute atomic E-state index is 13.1. The van der Waals surface area contributed by atoms with Gasteiger partial charge in [-0.15, -0.1) is 0 Å². The SMILES string of the molecule is NC(=O)CC1(COc2ccc(F)cc2)CN(C(=O)c2ccc3nc[nH]c3c2)CCO1. The summed E-state index contributed by atoms with van der Waals surface area (Å²) >= 11 is 0. The number of carbonyl (C=O) groups excluding carboxylic acids is 2. The lowest BCUT2D eigenvalue weighted by molar-refractivity contribution is -0.142. The quantitative estimate of drug-likeness (QED) is 0.642. The third kappa shape index (κ3) is 4.25. The first-order valence-corrected chi connectivity index (χ1v) is 9.47. The van der Waals surface area contributed by atoms with Gasteiger partial charge in [-0.25, -0.2) is 9.37 Å². The minimum absolute atomic E-state index is 0.00899. The van der Waals surface area contributed by atoms with Crippen LogP contribution < -0.4 is 10.5 Å². The predicted octanol–water partition coefficient (Wildman–Crippen LogP) is 1.87. The Kier molecular flexibility index (Phi) is 5.37. The normalized spacial score (nSPS) is 19.0. The molecular formula is C21H21FN4O4. The van der Waals surface area contributed by atoms with Crippen molar-refractivity contribution < 1.29 is 23.5 Å². The number of nitrogens with two attached hydrogens (primary N) is 1. The van der Waals surface area contributed by atoms with Crippen LogP contribution in [0, 0.1) is 5.82 Å². The number of primary amides is 1. The number of H-pyrrole nitrogens is 1. The summed E-state index contributed by atoms with van der Waals surface area (Å²) < 4.78 is 24.7. The number of halogens is 1. The van der Waals surface area contributed by atoms with Gasteiger partial charge < -0.3 is 25.1 Å². The van der Waals surface area contributed by atoms with Crippen LogP contribution in [0.15, 0.2) is 48.8 Å². The van der Waals surface area contributed by atoms with E-state index >= 15 is 0 Å². The van der Waals surface area contributed by atoms with Crippen LogP contribution in [0.2, 0.25) is 0 Å². The maximum Gasteiger partial charge on any atom is 0.254 e. The van der Waals surface area contributed by atoms with Crippen molar-refractivity contribution in [3.05, 3.63) is 60.2 Å². The number of hydrogen-bond acceptors (Lipinski definition) is 5. The van der Waals surface area contributed by atoms with E-state index in [1.54, 1.807) is 29.4 Å². The topological polar surface area (TPSA) is 111 Å². The zero-order valence-electron chi connectivity index (χ0n) is 16.1. The van der Waals surface area contributed by atoms with Gasteiger partial charge in [-0.1, -0.05) is 0 Å². The van der Waals surface area contributed by atoms with Crippen LogP contribution in [0.25, 0.3) is 11.0 Å². The molecular weight excluding hydrogens is 391 g/mol. The van der Waals surface area contributed by atoms with Crippen LogP contribution in [-0.2, 0) is 9.53 Å². The summed E-state index contributed by atoms with van der Waals surface area (Å²) in [5.74, 6) is -0.706. The number of nitrogens with one attached hydrogen (secondary N) is 1. The Labute approximate surface area is 171 Å². The highest BCUT2D eigenvalue weighted by Gasteiger charge is 2.41. The fraction of sp³-hybridized carbons (Fsp3) is 0.286. The number of rotatable bonds is 6. The number of hydrogen-bond donors (Lipinski definition) is 2. The largest absolute Gasteiger partial charge is 0.490 e. The van der Waals surface area contributed by atoms with Gasteiger partial charge in [-0.2, -0.15) is 0 Å². The average Bonchev–Trinajstić information content (AvgIpc) is 3.20. The Hall–Kier alpha value is -3.46. The molecule has 1 aliphatic heterocycles. The fourth-order valence-electron chi connectivity index (χ4n) is 3.58. The summed E-state index contributed by atoms with van der Waals surface area (Å²) in [5.41, 5.74) is 6.38. The Morgan fingerprint density at radius 3 is 2.83 bits per heavy atom. The first kappa shape index (κ1) is 19.8. The van der Waals surface area contributed by atoms with E-state index in [9.17, 15) is 14.0 Å². The molecule has 0 radical (unpaired) electrons. The Morgan fingerprint density at radius 2 is 2.07 bits per heavy atom. The van der Waals surface area contributed by atoms with Gasteiger partial charge in [0.25, 0.3) is 5.91 Å². The van der Waals surface area contributed by atoms with Crippen molar-refractivity contribution >= 4 is 22.8 Å². The molecule has 2 amide bonds. The lowest BCUT2D eigenvalue weighted by atomic mass is 9.97. The van der Waals surface area contributed by atoms with Crippen LogP contribution >= 0.6 is 0 Å². The van der Waals surface area contributed by atoms with Crippen LogP contribution in [0.3, 0.4) is 0 Å². The van der Waals surface area contributed by atoms with E-state index in [2.05, 4.69) is 9.97 Å². The second kappa shape index (κ2) is 8.11. The lowest BCUT2D eigenvalue weighted by Gasteiger charge is -2.42. The molecule has 3 N–H and O–H groups in total. The molecule has 156 valence electrons.